The van der Waals surface area contributed by atoms with Gasteiger partial charge >= 0.3 is 0 Å². The van der Waals surface area contributed by atoms with Crippen molar-refractivity contribution < 1.29 is 8.84 Å². The number of benzene rings is 1. The zero-order valence-electron chi connectivity index (χ0n) is 11.6. The minimum atomic E-state index is -1.61. The molecule has 0 radical (unpaired) electrons. The van der Waals surface area contributed by atoms with Crippen LogP contribution in [0.1, 0.15) is 5.56 Å². The predicted molar refractivity (Wildman–Crippen MR) is 81.0 cm³/mol. The average Bonchev–Trinajstić information content (AvgIpc) is 2.82. The van der Waals surface area contributed by atoms with Crippen molar-refractivity contribution in [1.29, 1.82) is 0 Å². The maximum atomic E-state index is 6.03. The molecule has 0 aliphatic rings. The quantitative estimate of drug-likeness (QED) is 0.596. The van der Waals surface area contributed by atoms with Crippen molar-refractivity contribution in [3.63, 3.8) is 0 Å². The number of rotatable bonds is 5. The van der Waals surface area contributed by atoms with E-state index < -0.39 is 8.32 Å². The topological polar surface area (TPSA) is 34.7 Å². The molecule has 1 aromatic heterocycles. The first-order valence-corrected chi connectivity index (χ1v) is 9.77. The Morgan fingerprint density at radius 2 is 2.00 bits per heavy atom. The van der Waals surface area contributed by atoms with E-state index in [1.165, 1.54) is 0 Å². The van der Waals surface area contributed by atoms with Crippen molar-refractivity contribution in [1.82, 2.24) is 0 Å². The summed E-state index contributed by atoms with van der Waals surface area (Å²) in [6, 6.07) is 9.84. The van der Waals surface area contributed by atoms with Crippen molar-refractivity contribution in [2.75, 3.05) is 0 Å². The van der Waals surface area contributed by atoms with Gasteiger partial charge in [0.25, 0.3) is 0 Å². The zero-order chi connectivity index (χ0) is 13.7. The number of furan rings is 1. The molecule has 0 saturated heterocycles. The lowest BCUT2D eigenvalue weighted by Gasteiger charge is -2.20. The lowest BCUT2D eigenvalue weighted by molar-refractivity contribution is 0.559. The molecule has 0 fully saturated rings. The second kappa shape index (κ2) is 5.89. The zero-order valence-corrected chi connectivity index (χ0v) is 12.6. The summed E-state index contributed by atoms with van der Waals surface area (Å²) < 4.78 is 11.1. The van der Waals surface area contributed by atoms with Crippen LogP contribution in [0.25, 0.3) is 0 Å². The molecule has 2 aromatic rings. The van der Waals surface area contributed by atoms with E-state index in [4.69, 9.17) is 8.84 Å². The maximum absolute atomic E-state index is 6.03. The van der Waals surface area contributed by atoms with Crippen LogP contribution in [0.15, 0.2) is 52.3 Å². The van der Waals surface area contributed by atoms with E-state index in [0.29, 0.717) is 0 Å². The summed E-state index contributed by atoms with van der Waals surface area (Å²) in [7, 11) is -1.61. The Bertz CT molecular complexity index is 542. The molecule has 1 heterocycles. The first-order valence-electron chi connectivity index (χ1n) is 6.36. The third kappa shape index (κ3) is 4.41. The van der Waals surface area contributed by atoms with Crippen LogP contribution in [0.4, 0.5) is 5.69 Å². The fourth-order valence-electron chi connectivity index (χ4n) is 1.64. The fourth-order valence-corrected chi connectivity index (χ4v) is 2.47. The molecule has 0 unspecified atom stereocenters. The van der Waals surface area contributed by atoms with Crippen molar-refractivity contribution in [3.05, 3.63) is 48.4 Å². The SMILES string of the molecule is C[Si](C)(C)Oc1ccccc1N=CCc1ccoc1. The van der Waals surface area contributed by atoms with Gasteiger partial charge in [-0.2, -0.15) is 0 Å². The molecule has 1 aromatic carbocycles. The number of hydrogen-bond donors (Lipinski definition) is 0. The van der Waals surface area contributed by atoms with Gasteiger partial charge in [0.1, 0.15) is 11.4 Å². The second-order valence-corrected chi connectivity index (χ2v) is 9.76. The molecule has 0 aliphatic carbocycles. The summed E-state index contributed by atoms with van der Waals surface area (Å²) in [5.74, 6) is 0.866. The third-order valence-corrected chi connectivity index (χ3v) is 3.25. The van der Waals surface area contributed by atoms with Crippen LogP contribution in [0.2, 0.25) is 19.6 Å². The summed E-state index contributed by atoms with van der Waals surface area (Å²) in [6.45, 7) is 6.50. The van der Waals surface area contributed by atoms with Gasteiger partial charge in [-0.1, -0.05) is 12.1 Å². The van der Waals surface area contributed by atoms with Crippen molar-refractivity contribution in [2.24, 2.45) is 4.99 Å². The molecule has 0 amide bonds. The summed E-state index contributed by atoms with van der Waals surface area (Å²) in [5.41, 5.74) is 2.00. The van der Waals surface area contributed by atoms with Gasteiger partial charge in [-0.05, 0) is 43.4 Å². The normalized spacial score (nSPS) is 11.9. The van der Waals surface area contributed by atoms with Crippen LogP contribution in [0, 0.1) is 0 Å². The van der Waals surface area contributed by atoms with Gasteiger partial charge in [0.15, 0.2) is 0 Å². The first kappa shape index (κ1) is 13.6. The van der Waals surface area contributed by atoms with E-state index in [0.717, 1.165) is 23.4 Å². The van der Waals surface area contributed by atoms with E-state index in [-0.39, 0.29) is 0 Å². The Morgan fingerprint density at radius 3 is 2.68 bits per heavy atom. The largest absolute Gasteiger partial charge is 0.543 e. The smallest absolute Gasteiger partial charge is 0.242 e. The maximum Gasteiger partial charge on any atom is 0.242 e. The van der Waals surface area contributed by atoms with Gasteiger partial charge in [0.2, 0.25) is 8.32 Å². The summed E-state index contributed by atoms with van der Waals surface area (Å²) in [4.78, 5) is 4.50. The van der Waals surface area contributed by atoms with Crippen LogP contribution in [-0.4, -0.2) is 14.5 Å². The second-order valence-electron chi connectivity index (χ2n) is 5.33. The van der Waals surface area contributed by atoms with Gasteiger partial charge in [-0.25, -0.2) is 0 Å². The molecule has 0 bridgehead atoms. The van der Waals surface area contributed by atoms with Crippen molar-refractivity contribution in [2.45, 2.75) is 26.1 Å². The third-order valence-electron chi connectivity index (χ3n) is 2.42. The van der Waals surface area contributed by atoms with Gasteiger partial charge in [-0.3, -0.25) is 4.99 Å². The average molecular weight is 273 g/mol. The first-order chi connectivity index (χ1) is 9.04. The number of para-hydroxylation sites is 2. The van der Waals surface area contributed by atoms with Crippen LogP contribution in [0.3, 0.4) is 0 Å². The highest BCUT2D eigenvalue weighted by Crippen LogP contribution is 2.28. The fraction of sp³-hybridized carbons (Fsp3) is 0.267. The van der Waals surface area contributed by atoms with E-state index in [1.54, 1.807) is 12.5 Å². The predicted octanol–water partition coefficient (Wildman–Crippen LogP) is 4.44. The van der Waals surface area contributed by atoms with Crippen molar-refractivity contribution >= 4 is 20.2 Å². The minimum absolute atomic E-state index is 0.762. The minimum Gasteiger partial charge on any atom is -0.543 e. The molecule has 3 nitrogen and oxygen atoms in total. The number of nitrogens with zero attached hydrogens (tertiary/aromatic N) is 1. The van der Waals surface area contributed by atoms with Crippen LogP contribution in [0.5, 0.6) is 5.75 Å². The lowest BCUT2D eigenvalue weighted by Crippen LogP contribution is -2.29. The monoisotopic (exact) mass is 273 g/mol. The molecule has 100 valence electrons. The molecule has 0 aliphatic heterocycles. The van der Waals surface area contributed by atoms with Gasteiger partial charge in [0, 0.05) is 12.6 Å². The molecule has 0 spiro atoms. The van der Waals surface area contributed by atoms with Crippen LogP contribution >= 0.6 is 0 Å². The summed E-state index contributed by atoms with van der Waals surface area (Å²) in [5, 5.41) is 0. The van der Waals surface area contributed by atoms with Crippen LogP contribution in [-0.2, 0) is 6.42 Å². The highest BCUT2D eigenvalue weighted by molar-refractivity contribution is 6.70. The highest BCUT2D eigenvalue weighted by Gasteiger charge is 2.17. The standard InChI is InChI=1S/C15H19NO2Si/c1-19(2,3)18-15-7-5-4-6-14(15)16-10-8-13-9-11-17-12-13/h4-7,9-12H,8H2,1-3H3. The van der Waals surface area contributed by atoms with Gasteiger partial charge in [0.05, 0.1) is 12.5 Å². The molecule has 0 atom stereocenters. The molecular formula is C15H19NO2Si. The Labute approximate surface area is 115 Å². The van der Waals surface area contributed by atoms with E-state index >= 15 is 0 Å². The molecular weight excluding hydrogens is 254 g/mol. The van der Waals surface area contributed by atoms with E-state index in [1.807, 2.05) is 36.5 Å². The Hall–Kier alpha value is -1.81. The van der Waals surface area contributed by atoms with Crippen molar-refractivity contribution in [3.8, 4) is 5.75 Å². The molecule has 19 heavy (non-hydrogen) atoms. The Morgan fingerprint density at radius 1 is 1.21 bits per heavy atom. The van der Waals surface area contributed by atoms with E-state index in [2.05, 4.69) is 24.6 Å². The molecule has 2 rings (SSSR count). The molecule has 4 heteroatoms. The highest BCUT2D eigenvalue weighted by atomic mass is 28.4. The summed E-state index contributed by atoms with van der Waals surface area (Å²) in [6.07, 6.45) is 6.05. The van der Waals surface area contributed by atoms with Gasteiger partial charge in [-0.15, -0.1) is 0 Å². The summed E-state index contributed by atoms with van der Waals surface area (Å²) >= 11 is 0. The number of hydrogen-bond acceptors (Lipinski definition) is 3. The van der Waals surface area contributed by atoms with Gasteiger partial charge < -0.3 is 8.84 Å². The number of aliphatic imine (C=N–C) groups is 1. The Kier molecular flexibility index (Phi) is 4.22. The van der Waals surface area contributed by atoms with E-state index in [9.17, 15) is 0 Å². The lowest BCUT2D eigenvalue weighted by atomic mass is 10.2. The Balaban J connectivity index is 2.09. The molecule has 0 saturated carbocycles. The van der Waals surface area contributed by atoms with Crippen LogP contribution < -0.4 is 4.43 Å². The molecule has 0 N–H and O–H groups in total.